The second-order valence-electron chi connectivity index (χ2n) is 3.44. The summed E-state index contributed by atoms with van der Waals surface area (Å²) in [5.41, 5.74) is 1.64. The first-order valence-corrected chi connectivity index (χ1v) is 4.43. The lowest BCUT2D eigenvalue weighted by molar-refractivity contribution is -0.207. The third-order valence-corrected chi connectivity index (χ3v) is 2.21. The number of carbonyl (C=O) groups is 2. The smallest absolute Gasteiger partial charge is 0.417 e. The molecule has 0 aromatic carbocycles. The van der Waals surface area contributed by atoms with E-state index in [9.17, 15) is 22.8 Å². The molecule has 8 heteroatoms. The van der Waals surface area contributed by atoms with Crippen LogP contribution in [0.2, 0.25) is 0 Å². The first kappa shape index (κ1) is 14.7. The molecule has 0 bridgehead atoms. The normalized spacial score (nSPS) is 17.6. The van der Waals surface area contributed by atoms with Crippen LogP contribution in [0.25, 0.3) is 0 Å². The third-order valence-electron chi connectivity index (χ3n) is 2.21. The topological polar surface area (TPSA) is 92.4 Å². The third kappa shape index (κ3) is 2.84. The standard InChI is InChI=1S/C8H13F3N2O3/c1-3-4(5(12)14)13-7(2,6(15)16)8(9,10)11/h4,13H,3H2,1-2H3,(H2,12,14)(H,15,16). The van der Waals surface area contributed by atoms with Crippen molar-refractivity contribution in [3.05, 3.63) is 0 Å². The zero-order chi connectivity index (χ0) is 13.1. The average Bonchev–Trinajstić information content (AvgIpc) is 2.10. The summed E-state index contributed by atoms with van der Waals surface area (Å²) in [5.74, 6) is -3.14. The van der Waals surface area contributed by atoms with Gasteiger partial charge in [0.15, 0.2) is 0 Å². The van der Waals surface area contributed by atoms with Crippen molar-refractivity contribution in [3.63, 3.8) is 0 Å². The highest BCUT2D eigenvalue weighted by Gasteiger charge is 2.58. The molecule has 4 N–H and O–H groups in total. The molecule has 1 amide bonds. The number of nitrogens with two attached hydrogens (primary N) is 1. The molecular weight excluding hydrogens is 229 g/mol. The van der Waals surface area contributed by atoms with Crippen LogP contribution in [0.4, 0.5) is 13.2 Å². The zero-order valence-corrected chi connectivity index (χ0v) is 8.76. The van der Waals surface area contributed by atoms with Gasteiger partial charge < -0.3 is 10.8 Å². The SMILES string of the molecule is CCC(NC(C)(C(=O)O)C(F)(F)F)C(N)=O. The van der Waals surface area contributed by atoms with E-state index in [1.165, 1.54) is 6.92 Å². The molecule has 2 unspecified atom stereocenters. The lowest BCUT2D eigenvalue weighted by atomic mass is 9.99. The first-order chi connectivity index (χ1) is 7.06. The highest BCUT2D eigenvalue weighted by atomic mass is 19.4. The van der Waals surface area contributed by atoms with E-state index < -0.39 is 29.6 Å². The van der Waals surface area contributed by atoms with Gasteiger partial charge >= 0.3 is 12.1 Å². The predicted octanol–water partition coefficient (Wildman–Crippen LogP) is 0.245. The molecule has 0 aromatic heterocycles. The molecule has 0 fully saturated rings. The maximum atomic E-state index is 12.5. The molecule has 5 nitrogen and oxygen atoms in total. The number of rotatable bonds is 5. The number of hydrogen-bond donors (Lipinski definition) is 3. The summed E-state index contributed by atoms with van der Waals surface area (Å²) in [6.07, 6.45) is -5.06. The maximum Gasteiger partial charge on any atom is 0.417 e. The van der Waals surface area contributed by atoms with E-state index in [-0.39, 0.29) is 6.42 Å². The number of halogens is 3. The van der Waals surface area contributed by atoms with Gasteiger partial charge in [0.1, 0.15) is 0 Å². The fourth-order valence-electron chi connectivity index (χ4n) is 0.988. The summed E-state index contributed by atoms with van der Waals surface area (Å²) in [5, 5.41) is 10.3. The molecule has 0 aliphatic carbocycles. The lowest BCUT2D eigenvalue weighted by Gasteiger charge is -2.31. The molecule has 16 heavy (non-hydrogen) atoms. The number of carbonyl (C=O) groups excluding carboxylic acids is 1. The van der Waals surface area contributed by atoms with Crippen LogP contribution in [0.5, 0.6) is 0 Å². The van der Waals surface area contributed by atoms with Gasteiger partial charge in [-0.15, -0.1) is 0 Å². The van der Waals surface area contributed by atoms with Crippen LogP contribution >= 0.6 is 0 Å². The summed E-state index contributed by atoms with van der Waals surface area (Å²) < 4.78 is 37.6. The summed E-state index contributed by atoms with van der Waals surface area (Å²) in [7, 11) is 0. The van der Waals surface area contributed by atoms with E-state index in [0.717, 1.165) is 0 Å². The van der Waals surface area contributed by atoms with Crippen LogP contribution in [-0.2, 0) is 9.59 Å². The van der Waals surface area contributed by atoms with Crippen LogP contribution < -0.4 is 11.1 Å². The van der Waals surface area contributed by atoms with Crippen molar-refractivity contribution in [1.29, 1.82) is 0 Å². The van der Waals surface area contributed by atoms with Crippen LogP contribution in [0.15, 0.2) is 0 Å². The fraction of sp³-hybridized carbons (Fsp3) is 0.750. The van der Waals surface area contributed by atoms with Gasteiger partial charge in [-0.2, -0.15) is 13.2 Å². The summed E-state index contributed by atoms with van der Waals surface area (Å²) in [6.45, 7) is 1.86. The van der Waals surface area contributed by atoms with Crippen LogP contribution in [-0.4, -0.2) is 34.7 Å². The molecule has 0 aliphatic rings. The Balaban J connectivity index is 5.10. The minimum absolute atomic E-state index is 0.0334. The summed E-state index contributed by atoms with van der Waals surface area (Å²) >= 11 is 0. The molecule has 0 saturated carbocycles. The largest absolute Gasteiger partial charge is 0.480 e. The number of hydrogen-bond acceptors (Lipinski definition) is 3. The van der Waals surface area contributed by atoms with Gasteiger partial charge in [-0.1, -0.05) is 6.92 Å². The molecule has 2 atom stereocenters. The van der Waals surface area contributed by atoms with Gasteiger partial charge in [-0.25, -0.2) is 4.79 Å². The van der Waals surface area contributed by atoms with Crippen molar-refractivity contribution in [2.24, 2.45) is 5.73 Å². The van der Waals surface area contributed by atoms with Gasteiger partial charge in [-0.3, -0.25) is 10.1 Å². The van der Waals surface area contributed by atoms with Crippen molar-refractivity contribution >= 4 is 11.9 Å². The van der Waals surface area contributed by atoms with E-state index in [4.69, 9.17) is 10.8 Å². The molecule has 0 heterocycles. The number of alkyl halides is 3. The first-order valence-electron chi connectivity index (χ1n) is 4.43. The number of aliphatic carboxylic acids is 1. The van der Waals surface area contributed by atoms with Crippen LogP contribution in [0, 0.1) is 0 Å². The monoisotopic (exact) mass is 242 g/mol. The Kier molecular flexibility index (Phi) is 4.30. The maximum absolute atomic E-state index is 12.5. The zero-order valence-electron chi connectivity index (χ0n) is 8.76. The Morgan fingerprint density at radius 2 is 1.88 bits per heavy atom. The van der Waals surface area contributed by atoms with Gasteiger partial charge in [0.2, 0.25) is 11.4 Å². The van der Waals surface area contributed by atoms with Crippen LogP contribution in [0.3, 0.4) is 0 Å². The van der Waals surface area contributed by atoms with Crippen molar-refractivity contribution in [2.75, 3.05) is 0 Å². The van der Waals surface area contributed by atoms with Gasteiger partial charge in [0.05, 0.1) is 6.04 Å². The number of carboxylic acid groups (broad SMARTS) is 1. The summed E-state index contributed by atoms with van der Waals surface area (Å²) in [6, 6.07) is -1.34. The van der Waals surface area contributed by atoms with Gasteiger partial charge in [0, 0.05) is 0 Å². The van der Waals surface area contributed by atoms with E-state index in [2.05, 4.69) is 0 Å². The van der Waals surface area contributed by atoms with Crippen LogP contribution in [0.1, 0.15) is 20.3 Å². The average molecular weight is 242 g/mol. The van der Waals surface area contributed by atoms with Gasteiger partial charge in [0.25, 0.3) is 0 Å². The Labute approximate surface area is 89.8 Å². The molecule has 94 valence electrons. The van der Waals surface area contributed by atoms with E-state index >= 15 is 0 Å². The van der Waals surface area contributed by atoms with Crippen molar-refractivity contribution in [2.45, 2.75) is 38.0 Å². The second kappa shape index (κ2) is 4.69. The van der Waals surface area contributed by atoms with Crippen molar-refractivity contribution < 1.29 is 27.9 Å². The minimum atomic E-state index is -5.03. The lowest BCUT2D eigenvalue weighted by Crippen LogP contribution is -2.64. The Hall–Kier alpha value is -1.31. The highest BCUT2D eigenvalue weighted by molar-refractivity contribution is 5.83. The molecule has 0 aliphatic heterocycles. The molecule has 0 spiro atoms. The second-order valence-corrected chi connectivity index (χ2v) is 3.44. The van der Waals surface area contributed by atoms with Gasteiger partial charge in [-0.05, 0) is 13.3 Å². The molecule has 0 saturated heterocycles. The number of nitrogens with one attached hydrogen (secondary N) is 1. The molecule has 0 aromatic rings. The Bertz CT molecular complexity index is 293. The Morgan fingerprint density at radius 1 is 1.44 bits per heavy atom. The number of amides is 1. The highest BCUT2D eigenvalue weighted by Crippen LogP contribution is 2.31. The Morgan fingerprint density at radius 3 is 2.06 bits per heavy atom. The molecule has 0 radical (unpaired) electrons. The minimum Gasteiger partial charge on any atom is -0.480 e. The van der Waals surface area contributed by atoms with Crippen molar-refractivity contribution in [1.82, 2.24) is 5.32 Å². The summed E-state index contributed by atoms with van der Waals surface area (Å²) in [4.78, 5) is 21.4. The van der Waals surface area contributed by atoms with E-state index in [0.29, 0.717) is 6.92 Å². The molecule has 0 rings (SSSR count). The number of primary amides is 1. The number of carboxylic acids is 1. The molecular formula is C8H13F3N2O3. The van der Waals surface area contributed by atoms with Crippen molar-refractivity contribution in [3.8, 4) is 0 Å². The van der Waals surface area contributed by atoms with E-state index in [1.54, 1.807) is 5.32 Å². The quantitative estimate of drug-likeness (QED) is 0.644. The van der Waals surface area contributed by atoms with E-state index in [1.807, 2.05) is 0 Å². The predicted molar refractivity (Wildman–Crippen MR) is 48.5 cm³/mol. The fourth-order valence-corrected chi connectivity index (χ4v) is 0.988.